The molecule has 0 radical (unpaired) electrons. The Morgan fingerprint density at radius 2 is 2.16 bits per heavy atom. The van der Waals surface area contributed by atoms with Gasteiger partial charge in [0.2, 0.25) is 0 Å². The van der Waals surface area contributed by atoms with E-state index in [9.17, 15) is 0 Å². The van der Waals surface area contributed by atoms with Crippen LogP contribution in [0.1, 0.15) is 6.92 Å². The van der Waals surface area contributed by atoms with Crippen LogP contribution in [0.3, 0.4) is 0 Å². The normalized spacial score (nSPS) is 10.8. The molecule has 0 aliphatic rings. The van der Waals surface area contributed by atoms with Crippen LogP contribution in [0.15, 0.2) is 54.2 Å². The van der Waals surface area contributed by atoms with Crippen LogP contribution in [-0.2, 0) is 0 Å². The Hall–Kier alpha value is -2.07. The highest BCUT2D eigenvalue weighted by molar-refractivity contribution is 7.15. The van der Waals surface area contributed by atoms with Crippen LogP contribution < -0.4 is 4.74 Å². The second kappa shape index (κ2) is 4.90. The highest BCUT2D eigenvalue weighted by Gasteiger charge is 2.06. The molecule has 1 aromatic carbocycles. The molecule has 2 aromatic heterocycles. The summed E-state index contributed by atoms with van der Waals surface area (Å²) in [6, 6.07) is 8.10. The second-order valence-electron chi connectivity index (χ2n) is 4.47. The van der Waals surface area contributed by atoms with Crippen LogP contribution in [0, 0.1) is 0 Å². The number of hydrogen-bond donors (Lipinski definition) is 0. The van der Waals surface area contributed by atoms with Crippen molar-refractivity contribution in [1.82, 2.24) is 9.38 Å². The van der Waals surface area contributed by atoms with Gasteiger partial charge in [0.25, 0.3) is 0 Å². The predicted molar refractivity (Wildman–Crippen MR) is 78.8 cm³/mol. The predicted octanol–water partition coefficient (Wildman–Crippen LogP) is 4.02. The van der Waals surface area contributed by atoms with Gasteiger partial charge in [-0.1, -0.05) is 6.58 Å². The summed E-state index contributed by atoms with van der Waals surface area (Å²) in [4.78, 5) is 5.29. The van der Waals surface area contributed by atoms with Crippen molar-refractivity contribution in [3.05, 3.63) is 54.2 Å². The van der Waals surface area contributed by atoms with E-state index in [1.165, 1.54) is 0 Å². The summed E-state index contributed by atoms with van der Waals surface area (Å²) >= 11 is 1.64. The molecule has 96 valence electrons. The van der Waals surface area contributed by atoms with Crippen molar-refractivity contribution in [3.63, 3.8) is 0 Å². The van der Waals surface area contributed by atoms with Crippen molar-refractivity contribution in [2.45, 2.75) is 6.92 Å². The summed E-state index contributed by atoms with van der Waals surface area (Å²) in [6.07, 6.45) is 3.80. The molecule has 3 rings (SSSR count). The van der Waals surface area contributed by atoms with Crippen molar-refractivity contribution < 1.29 is 4.74 Å². The smallest absolute Gasteiger partial charge is 0.194 e. The molecule has 0 spiro atoms. The van der Waals surface area contributed by atoms with E-state index in [1.807, 2.05) is 31.5 Å². The SMILES string of the molecule is C=C(C)COc1ccc(-c2csc3nccn23)cc1. The molecule has 2 heterocycles. The lowest BCUT2D eigenvalue weighted by Crippen LogP contribution is -1.97. The fraction of sp³-hybridized carbons (Fsp3) is 0.133. The number of benzene rings is 1. The maximum atomic E-state index is 5.60. The number of fused-ring (bicyclic) bond motifs is 1. The molecule has 3 nitrogen and oxygen atoms in total. The molecule has 0 saturated carbocycles. The standard InChI is InChI=1S/C15H14N2OS/c1-11(2)9-18-13-5-3-12(4-6-13)14-10-19-15-16-7-8-17(14)15/h3-8,10H,1,9H2,2H3. The minimum atomic E-state index is 0.559. The Morgan fingerprint density at radius 1 is 1.37 bits per heavy atom. The lowest BCUT2D eigenvalue weighted by Gasteiger charge is -2.06. The van der Waals surface area contributed by atoms with E-state index < -0.39 is 0 Å². The summed E-state index contributed by atoms with van der Waals surface area (Å²) in [6.45, 7) is 6.34. The molecule has 0 N–H and O–H groups in total. The first-order valence-corrected chi connectivity index (χ1v) is 6.90. The van der Waals surface area contributed by atoms with Gasteiger partial charge < -0.3 is 4.74 Å². The zero-order chi connectivity index (χ0) is 13.2. The van der Waals surface area contributed by atoms with E-state index in [0.717, 1.165) is 27.5 Å². The summed E-state index contributed by atoms with van der Waals surface area (Å²) in [7, 11) is 0. The van der Waals surface area contributed by atoms with E-state index >= 15 is 0 Å². The maximum Gasteiger partial charge on any atom is 0.194 e. The first-order chi connectivity index (χ1) is 9.24. The van der Waals surface area contributed by atoms with Gasteiger partial charge in [0.1, 0.15) is 12.4 Å². The van der Waals surface area contributed by atoms with Gasteiger partial charge in [0, 0.05) is 17.8 Å². The number of rotatable bonds is 4. The Balaban J connectivity index is 1.86. The van der Waals surface area contributed by atoms with Gasteiger partial charge in [-0.15, -0.1) is 11.3 Å². The van der Waals surface area contributed by atoms with Gasteiger partial charge in [-0.3, -0.25) is 4.40 Å². The van der Waals surface area contributed by atoms with Gasteiger partial charge >= 0.3 is 0 Å². The number of aromatic nitrogens is 2. The minimum Gasteiger partial charge on any atom is -0.489 e. The Kier molecular flexibility index (Phi) is 3.09. The quantitative estimate of drug-likeness (QED) is 0.669. The van der Waals surface area contributed by atoms with Crippen molar-refractivity contribution >= 4 is 16.3 Å². The molecule has 19 heavy (non-hydrogen) atoms. The fourth-order valence-corrected chi connectivity index (χ4v) is 2.72. The van der Waals surface area contributed by atoms with E-state index in [2.05, 4.69) is 33.5 Å². The third kappa shape index (κ3) is 2.39. The summed E-state index contributed by atoms with van der Waals surface area (Å²) in [5.74, 6) is 0.865. The molecule has 4 heteroatoms. The summed E-state index contributed by atoms with van der Waals surface area (Å²) in [5.41, 5.74) is 3.33. The highest BCUT2D eigenvalue weighted by atomic mass is 32.1. The maximum absolute atomic E-state index is 5.60. The van der Waals surface area contributed by atoms with Crippen LogP contribution in [0.4, 0.5) is 0 Å². The third-order valence-corrected chi connectivity index (χ3v) is 3.63. The zero-order valence-corrected chi connectivity index (χ0v) is 11.5. The number of ether oxygens (including phenoxy) is 1. The molecule has 0 aliphatic heterocycles. The first-order valence-electron chi connectivity index (χ1n) is 6.02. The molecule has 0 fully saturated rings. The van der Waals surface area contributed by atoms with E-state index in [4.69, 9.17) is 4.74 Å². The zero-order valence-electron chi connectivity index (χ0n) is 10.7. The Morgan fingerprint density at radius 3 is 2.89 bits per heavy atom. The number of thiazole rings is 1. The summed E-state index contributed by atoms with van der Waals surface area (Å²) < 4.78 is 7.69. The molecule has 3 aromatic rings. The van der Waals surface area contributed by atoms with Gasteiger partial charge in [-0.2, -0.15) is 0 Å². The third-order valence-electron chi connectivity index (χ3n) is 2.78. The van der Waals surface area contributed by atoms with E-state index in [0.29, 0.717) is 6.61 Å². The average molecular weight is 270 g/mol. The molecule has 0 unspecified atom stereocenters. The molecule has 0 bridgehead atoms. The van der Waals surface area contributed by atoms with Crippen molar-refractivity contribution in [3.8, 4) is 17.0 Å². The molecule has 0 saturated heterocycles. The molecule has 0 amide bonds. The first kappa shape index (κ1) is 12.0. The molecule has 0 atom stereocenters. The Labute approximate surface area is 115 Å². The molecule has 0 aliphatic carbocycles. The fourth-order valence-electron chi connectivity index (χ4n) is 1.86. The van der Waals surface area contributed by atoms with Crippen LogP contribution in [0.5, 0.6) is 5.75 Å². The summed E-state index contributed by atoms with van der Waals surface area (Å²) in [5, 5.41) is 2.12. The lowest BCUT2D eigenvalue weighted by molar-refractivity contribution is 0.353. The molecular formula is C15H14N2OS. The minimum absolute atomic E-state index is 0.559. The van der Waals surface area contributed by atoms with Crippen LogP contribution in [0.2, 0.25) is 0 Å². The van der Waals surface area contributed by atoms with E-state index in [1.54, 1.807) is 11.3 Å². The number of hydrogen-bond acceptors (Lipinski definition) is 3. The van der Waals surface area contributed by atoms with Crippen molar-refractivity contribution in [2.75, 3.05) is 6.61 Å². The number of nitrogens with zero attached hydrogens (tertiary/aromatic N) is 2. The average Bonchev–Trinajstić information content (AvgIpc) is 2.99. The van der Waals surface area contributed by atoms with Gasteiger partial charge in [0.05, 0.1) is 5.69 Å². The van der Waals surface area contributed by atoms with Crippen LogP contribution >= 0.6 is 11.3 Å². The van der Waals surface area contributed by atoms with Gasteiger partial charge in [-0.05, 0) is 42.3 Å². The topological polar surface area (TPSA) is 26.5 Å². The van der Waals surface area contributed by atoms with E-state index in [-0.39, 0.29) is 0 Å². The van der Waals surface area contributed by atoms with Gasteiger partial charge in [0.15, 0.2) is 4.96 Å². The van der Waals surface area contributed by atoms with Crippen LogP contribution in [-0.4, -0.2) is 16.0 Å². The monoisotopic (exact) mass is 270 g/mol. The van der Waals surface area contributed by atoms with Crippen molar-refractivity contribution in [1.29, 1.82) is 0 Å². The van der Waals surface area contributed by atoms with Gasteiger partial charge in [-0.25, -0.2) is 4.98 Å². The largest absolute Gasteiger partial charge is 0.489 e. The second-order valence-corrected chi connectivity index (χ2v) is 5.31. The lowest BCUT2D eigenvalue weighted by atomic mass is 10.1. The number of imidazole rings is 1. The molecular weight excluding hydrogens is 256 g/mol. The Bertz CT molecular complexity index is 709. The van der Waals surface area contributed by atoms with Crippen LogP contribution in [0.25, 0.3) is 16.2 Å². The highest BCUT2D eigenvalue weighted by Crippen LogP contribution is 2.27. The van der Waals surface area contributed by atoms with Crippen molar-refractivity contribution in [2.24, 2.45) is 0 Å².